The Morgan fingerprint density at radius 2 is 1.87 bits per heavy atom. The molecule has 23 heavy (non-hydrogen) atoms. The summed E-state index contributed by atoms with van der Waals surface area (Å²) in [7, 11) is 0. The van der Waals surface area contributed by atoms with Crippen LogP contribution in [0, 0.1) is 5.92 Å². The van der Waals surface area contributed by atoms with Crippen LogP contribution in [0.25, 0.3) is 11.3 Å². The van der Waals surface area contributed by atoms with Gasteiger partial charge in [0.15, 0.2) is 5.13 Å². The van der Waals surface area contributed by atoms with E-state index in [1.54, 1.807) is 11.3 Å². The third kappa shape index (κ3) is 3.39. The van der Waals surface area contributed by atoms with E-state index in [0.29, 0.717) is 12.0 Å². The Hall–Kier alpha value is -1.88. The molecule has 4 rings (SSSR count). The number of hydrogen-bond donors (Lipinski definition) is 1. The molecule has 0 bridgehead atoms. The summed E-state index contributed by atoms with van der Waals surface area (Å²) in [6.45, 7) is 1.94. The molecule has 2 aliphatic rings. The Kier molecular flexibility index (Phi) is 4.04. The van der Waals surface area contributed by atoms with Gasteiger partial charge in [-0.1, -0.05) is 30.3 Å². The van der Waals surface area contributed by atoms with E-state index in [-0.39, 0.29) is 5.91 Å². The monoisotopic (exact) mass is 327 g/mol. The quantitative estimate of drug-likeness (QED) is 0.937. The number of thiazole rings is 1. The Morgan fingerprint density at radius 3 is 2.57 bits per heavy atom. The molecule has 2 fully saturated rings. The van der Waals surface area contributed by atoms with Crippen molar-refractivity contribution in [3.8, 4) is 11.3 Å². The van der Waals surface area contributed by atoms with Gasteiger partial charge >= 0.3 is 0 Å². The molecule has 1 aromatic carbocycles. The van der Waals surface area contributed by atoms with Gasteiger partial charge in [0.1, 0.15) is 0 Å². The van der Waals surface area contributed by atoms with Gasteiger partial charge in [-0.2, -0.15) is 0 Å². The maximum Gasteiger partial charge on any atom is 0.223 e. The molecule has 0 radical (unpaired) electrons. The van der Waals surface area contributed by atoms with Crippen molar-refractivity contribution in [3.05, 3.63) is 35.7 Å². The molecule has 1 aromatic heterocycles. The van der Waals surface area contributed by atoms with Gasteiger partial charge in [0.25, 0.3) is 0 Å². The van der Waals surface area contributed by atoms with Crippen molar-refractivity contribution in [1.29, 1.82) is 0 Å². The number of rotatable bonds is 4. The van der Waals surface area contributed by atoms with E-state index in [1.807, 2.05) is 18.2 Å². The SMILES string of the molecule is O=C(NC1CCN(c2nc(-c3ccccc3)cs2)CC1)C1CC1. The van der Waals surface area contributed by atoms with Crippen LogP contribution in [0.5, 0.6) is 0 Å². The van der Waals surface area contributed by atoms with Crippen LogP contribution < -0.4 is 10.2 Å². The van der Waals surface area contributed by atoms with Crippen molar-refractivity contribution in [3.63, 3.8) is 0 Å². The number of hydrogen-bond acceptors (Lipinski definition) is 4. The normalized spacial score (nSPS) is 18.9. The second kappa shape index (κ2) is 6.32. The predicted molar refractivity (Wildman–Crippen MR) is 93.7 cm³/mol. The molecule has 1 N–H and O–H groups in total. The molecule has 1 amide bonds. The number of aromatic nitrogens is 1. The maximum atomic E-state index is 11.9. The first-order valence-electron chi connectivity index (χ1n) is 8.36. The third-order valence-corrected chi connectivity index (χ3v) is 5.52. The van der Waals surface area contributed by atoms with E-state index in [9.17, 15) is 4.79 Å². The van der Waals surface area contributed by atoms with E-state index in [1.165, 1.54) is 5.56 Å². The average molecular weight is 327 g/mol. The summed E-state index contributed by atoms with van der Waals surface area (Å²) >= 11 is 1.71. The van der Waals surface area contributed by atoms with Crippen LogP contribution in [-0.2, 0) is 4.79 Å². The van der Waals surface area contributed by atoms with Crippen molar-refractivity contribution in [2.24, 2.45) is 5.92 Å². The van der Waals surface area contributed by atoms with Gasteiger partial charge in [0.2, 0.25) is 5.91 Å². The Bertz CT molecular complexity index is 673. The summed E-state index contributed by atoms with van der Waals surface area (Å²) in [6.07, 6.45) is 4.18. The molecule has 1 aliphatic heterocycles. The average Bonchev–Trinajstić information content (AvgIpc) is 3.34. The van der Waals surface area contributed by atoms with E-state index >= 15 is 0 Å². The molecule has 1 saturated heterocycles. The van der Waals surface area contributed by atoms with Gasteiger partial charge in [-0.05, 0) is 25.7 Å². The number of nitrogens with zero attached hydrogens (tertiary/aromatic N) is 2. The second-order valence-corrected chi connectivity index (χ2v) is 7.26. The van der Waals surface area contributed by atoms with Crippen molar-refractivity contribution < 1.29 is 4.79 Å². The first-order chi connectivity index (χ1) is 11.3. The maximum absolute atomic E-state index is 11.9. The number of piperidine rings is 1. The molecule has 5 heteroatoms. The smallest absolute Gasteiger partial charge is 0.223 e. The zero-order chi connectivity index (χ0) is 15.6. The highest BCUT2D eigenvalue weighted by Crippen LogP contribution is 2.31. The van der Waals surface area contributed by atoms with Crippen LogP contribution in [0.4, 0.5) is 5.13 Å². The first-order valence-corrected chi connectivity index (χ1v) is 9.24. The van der Waals surface area contributed by atoms with Gasteiger partial charge in [-0.15, -0.1) is 11.3 Å². The lowest BCUT2D eigenvalue weighted by Gasteiger charge is -2.32. The number of anilines is 1. The van der Waals surface area contributed by atoms with E-state index in [0.717, 1.165) is 49.6 Å². The fraction of sp³-hybridized carbons (Fsp3) is 0.444. The molecule has 0 spiro atoms. The summed E-state index contributed by atoms with van der Waals surface area (Å²) in [6, 6.07) is 10.6. The largest absolute Gasteiger partial charge is 0.353 e. The van der Waals surface area contributed by atoms with Crippen LogP contribution in [0.2, 0.25) is 0 Å². The minimum absolute atomic E-state index is 0.268. The zero-order valence-corrected chi connectivity index (χ0v) is 13.9. The van der Waals surface area contributed by atoms with Crippen molar-refractivity contribution >= 4 is 22.4 Å². The van der Waals surface area contributed by atoms with Gasteiger partial charge in [-0.25, -0.2) is 4.98 Å². The molecular formula is C18H21N3OS. The number of amides is 1. The molecule has 1 aliphatic carbocycles. The minimum Gasteiger partial charge on any atom is -0.353 e. The van der Waals surface area contributed by atoms with Crippen molar-refractivity contribution in [2.75, 3.05) is 18.0 Å². The lowest BCUT2D eigenvalue weighted by molar-refractivity contribution is -0.123. The van der Waals surface area contributed by atoms with Gasteiger partial charge < -0.3 is 10.2 Å². The fourth-order valence-corrected chi connectivity index (χ4v) is 3.92. The molecule has 4 nitrogen and oxygen atoms in total. The van der Waals surface area contributed by atoms with E-state index < -0.39 is 0 Å². The standard InChI is InChI=1S/C18H21N3OS/c22-17(14-6-7-14)19-15-8-10-21(11-9-15)18-20-16(12-23-18)13-4-2-1-3-5-13/h1-5,12,14-15H,6-11H2,(H,19,22). The number of nitrogens with one attached hydrogen (secondary N) is 1. The van der Waals surface area contributed by atoms with Crippen LogP contribution in [0.3, 0.4) is 0 Å². The molecule has 120 valence electrons. The number of benzene rings is 1. The van der Waals surface area contributed by atoms with Gasteiger partial charge in [0, 0.05) is 36.0 Å². The Balaban J connectivity index is 1.35. The summed E-state index contributed by atoms with van der Waals surface area (Å²) in [5.41, 5.74) is 2.22. The summed E-state index contributed by atoms with van der Waals surface area (Å²) < 4.78 is 0. The summed E-state index contributed by atoms with van der Waals surface area (Å²) in [4.78, 5) is 19.0. The van der Waals surface area contributed by atoms with Gasteiger partial charge in [0.05, 0.1) is 5.69 Å². The Morgan fingerprint density at radius 1 is 1.13 bits per heavy atom. The lowest BCUT2D eigenvalue weighted by atomic mass is 10.1. The molecular weight excluding hydrogens is 306 g/mol. The minimum atomic E-state index is 0.268. The number of carbonyl (C=O) groups excluding carboxylic acids is 1. The van der Waals surface area contributed by atoms with Gasteiger partial charge in [-0.3, -0.25) is 4.79 Å². The van der Waals surface area contributed by atoms with Crippen LogP contribution in [0.15, 0.2) is 35.7 Å². The third-order valence-electron chi connectivity index (χ3n) is 4.62. The summed E-state index contributed by atoms with van der Waals surface area (Å²) in [5, 5.41) is 6.43. The van der Waals surface area contributed by atoms with Crippen molar-refractivity contribution in [2.45, 2.75) is 31.7 Å². The predicted octanol–water partition coefficient (Wildman–Crippen LogP) is 3.31. The zero-order valence-electron chi connectivity index (χ0n) is 13.1. The highest BCUT2D eigenvalue weighted by molar-refractivity contribution is 7.14. The molecule has 1 saturated carbocycles. The number of carbonyl (C=O) groups is 1. The highest BCUT2D eigenvalue weighted by atomic mass is 32.1. The lowest BCUT2D eigenvalue weighted by Crippen LogP contribution is -2.45. The highest BCUT2D eigenvalue weighted by Gasteiger charge is 2.32. The fourth-order valence-electron chi connectivity index (χ4n) is 3.03. The summed E-state index contributed by atoms with van der Waals surface area (Å²) in [5.74, 6) is 0.574. The van der Waals surface area contributed by atoms with Crippen LogP contribution in [0.1, 0.15) is 25.7 Å². The molecule has 2 aromatic rings. The molecule has 0 unspecified atom stereocenters. The van der Waals surface area contributed by atoms with Crippen LogP contribution in [-0.4, -0.2) is 30.0 Å². The van der Waals surface area contributed by atoms with E-state index in [4.69, 9.17) is 4.98 Å². The Labute approximate surface area is 140 Å². The van der Waals surface area contributed by atoms with E-state index in [2.05, 4.69) is 27.7 Å². The molecule has 2 heterocycles. The van der Waals surface area contributed by atoms with Crippen LogP contribution >= 0.6 is 11.3 Å². The second-order valence-electron chi connectivity index (χ2n) is 6.43. The topological polar surface area (TPSA) is 45.2 Å². The first kappa shape index (κ1) is 14.7. The van der Waals surface area contributed by atoms with Crippen molar-refractivity contribution in [1.82, 2.24) is 10.3 Å². The molecule has 0 atom stereocenters.